The molecule has 2 atom stereocenters. The average molecular weight is 298 g/mol. The first-order chi connectivity index (χ1) is 9.23. The third kappa shape index (κ3) is 3.02. The van der Waals surface area contributed by atoms with Crippen molar-refractivity contribution in [3.63, 3.8) is 0 Å². The molecule has 0 amide bonds. The molecule has 5 nitrogen and oxygen atoms in total. The van der Waals surface area contributed by atoms with Crippen LogP contribution in [0.25, 0.3) is 0 Å². The van der Waals surface area contributed by atoms with E-state index in [1.54, 1.807) is 19.1 Å². The van der Waals surface area contributed by atoms with Gasteiger partial charge < -0.3 is 5.11 Å². The predicted octanol–water partition coefficient (Wildman–Crippen LogP) is 2.34. The number of carbonyl (C=O) groups is 1. The van der Waals surface area contributed by atoms with Crippen LogP contribution in [-0.4, -0.2) is 25.6 Å². The highest BCUT2D eigenvalue weighted by Gasteiger charge is 2.47. The first-order valence-corrected chi connectivity index (χ1v) is 7.85. The highest BCUT2D eigenvalue weighted by molar-refractivity contribution is 7.86. The Bertz CT molecular complexity index is 605. The van der Waals surface area contributed by atoms with Crippen LogP contribution >= 0.6 is 0 Å². The molecule has 0 saturated heterocycles. The normalized spacial score (nSPS) is 26.0. The van der Waals surface area contributed by atoms with Crippen molar-refractivity contribution in [3.8, 4) is 0 Å². The molecule has 110 valence electrons. The Morgan fingerprint density at radius 2 is 2.00 bits per heavy atom. The summed E-state index contributed by atoms with van der Waals surface area (Å²) in [7, 11) is -3.84. The molecular weight excluding hydrogens is 280 g/mol. The summed E-state index contributed by atoms with van der Waals surface area (Å²) < 4.78 is 29.5. The molecule has 1 aliphatic rings. The summed E-state index contributed by atoms with van der Waals surface area (Å²) in [6.45, 7) is 3.62. The van der Waals surface area contributed by atoms with Crippen molar-refractivity contribution >= 4 is 16.1 Å². The summed E-state index contributed by atoms with van der Waals surface area (Å²) in [5, 5.41) is 8.87. The fraction of sp³-hybridized carbons (Fsp3) is 0.500. The van der Waals surface area contributed by atoms with Gasteiger partial charge in [-0.15, -0.1) is 0 Å². The zero-order chi connectivity index (χ0) is 15.0. The molecule has 1 aromatic rings. The van der Waals surface area contributed by atoms with Crippen LogP contribution in [0.5, 0.6) is 0 Å². The van der Waals surface area contributed by atoms with Crippen LogP contribution in [0.3, 0.4) is 0 Å². The summed E-state index contributed by atoms with van der Waals surface area (Å²) in [4.78, 5) is 10.9. The van der Waals surface area contributed by atoms with Crippen molar-refractivity contribution in [1.82, 2.24) is 0 Å². The Morgan fingerprint density at radius 1 is 1.40 bits per heavy atom. The molecule has 1 fully saturated rings. The van der Waals surface area contributed by atoms with Crippen molar-refractivity contribution in [2.24, 2.45) is 5.41 Å². The van der Waals surface area contributed by atoms with Crippen LogP contribution in [-0.2, 0) is 19.1 Å². The third-order valence-electron chi connectivity index (χ3n) is 3.86. The number of aliphatic carboxylic acids is 1. The van der Waals surface area contributed by atoms with Crippen LogP contribution in [0.15, 0.2) is 29.2 Å². The Kier molecular flexibility index (Phi) is 3.88. The molecule has 1 saturated carbocycles. The molecule has 1 aliphatic carbocycles. The lowest BCUT2D eigenvalue weighted by atomic mass is 9.66. The maximum Gasteiger partial charge on any atom is 0.303 e. The van der Waals surface area contributed by atoms with Crippen LogP contribution in [0.2, 0.25) is 0 Å². The van der Waals surface area contributed by atoms with Crippen LogP contribution < -0.4 is 0 Å². The van der Waals surface area contributed by atoms with Crippen LogP contribution in [0, 0.1) is 12.3 Å². The van der Waals surface area contributed by atoms with Crippen molar-refractivity contribution in [3.05, 3.63) is 29.8 Å². The molecule has 0 bridgehead atoms. The second kappa shape index (κ2) is 5.18. The summed E-state index contributed by atoms with van der Waals surface area (Å²) in [5.74, 6) is -0.937. The Hall–Kier alpha value is -1.40. The van der Waals surface area contributed by atoms with Gasteiger partial charge in [0.25, 0.3) is 10.1 Å². The SMILES string of the molecule is Cc1ccc(S(=O)(=O)OC2CCC2(C)CC(=O)O)cc1. The second-order valence-corrected chi connectivity index (χ2v) is 7.19. The Labute approximate surface area is 118 Å². The van der Waals surface area contributed by atoms with Crippen LogP contribution in [0.1, 0.15) is 31.7 Å². The quantitative estimate of drug-likeness (QED) is 0.844. The van der Waals surface area contributed by atoms with Crippen molar-refractivity contribution in [1.29, 1.82) is 0 Å². The van der Waals surface area contributed by atoms with Gasteiger partial charge >= 0.3 is 5.97 Å². The molecule has 0 aliphatic heterocycles. The molecule has 2 unspecified atom stereocenters. The summed E-state index contributed by atoms with van der Waals surface area (Å²) >= 11 is 0. The van der Waals surface area contributed by atoms with E-state index in [1.807, 2.05) is 6.92 Å². The van der Waals surface area contributed by atoms with Crippen molar-refractivity contribution in [2.75, 3.05) is 0 Å². The number of carboxylic acid groups (broad SMARTS) is 1. The lowest BCUT2D eigenvalue weighted by Crippen LogP contribution is -2.46. The number of hydrogen-bond acceptors (Lipinski definition) is 4. The number of aryl methyl sites for hydroxylation is 1. The minimum atomic E-state index is -3.84. The first-order valence-electron chi connectivity index (χ1n) is 6.45. The molecule has 20 heavy (non-hydrogen) atoms. The van der Waals surface area contributed by atoms with E-state index in [1.165, 1.54) is 12.1 Å². The molecule has 1 N–H and O–H groups in total. The van der Waals surface area contributed by atoms with Gasteiger partial charge in [0.15, 0.2) is 0 Å². The van der Waals surface area contributed by atoms with Gasteiger partial charge in [0.1, 0.15) is 0 Å². The average Bonchev–Trinajstić information content (AvgIpc) is 2.35. The van der Waals surface area contributed by atoms with Gasteiger partial charge in [-0.05, 0) is 31.9 Å². The maximum atomic E-state index is 12.2. The van der Waals surface area contributed by atoms with Gasteiger partial charge in [-0.2, -0.15) is 8.42 Å². The van der Waals surface area contributed by atoms with Crippen molar-refractivity contribution < 1.29 is 22.5 Å². The fourth-order valence-corrected chi connectivity index (χ4v) is 3.60. The Morgan fingerprint density at radius 3 is 2.45 bits per heavy atom. The first kappa shape index (κ1) is 15.0. The molecule has 0 aromatic heterocycles. The predicted molar refractivity (Wildman–Crippen MR) is 72.8 cm³/mol. The van der Waals surface area contributed by atoms with Gasteiger partial charge in [0.2, 0.25) is 0 Å². The topological polar surface area (TPSA) is 80.7 Å². The molecule has 0 spiro atoms. The lowest BCUT2D eigenvalue weighted by Gasteiger charge is -2.44. The highest BCUT2D eigenvalue weighted by Crippen LogP contribution is 2.46. The second-order valence-electron chi connectivity index (χ2n) is 5.62. The van der Waals surface area contributed by atoms with E-state index in [-0.39, 0.29) is 11.3 Å². The van der Waals surface area contributed by atoms with Gasteiger partial charge in [-0.3, -0.25) is 8.98 Å². The van der Waals surface area contributed by atoms with E-state index in [0.717, 1.165) is 5.56 Å². The van der Waals surface area contributed by atoms with Gasteiger partial charge in [0, 0.05) is 5.41 Å². The van der Waals surface area contributed by atoms with E-state index in [9.17, 15) is 13.2 Å². The van der Waals surface area contributed by atoms with Gasteiger partial charge in [-0.1, -0.05) is 24.6 Å². The Balaban J connectivity index is 2.13. The molecule has 0 heterocycles. The fourth-order valence-electron chi connectivity index (χ4n) is 2.38. The van der Waals surface area contributed by atoms with Crippen molar-refractivity contribution in [2.45, 2.75) is 44.1 Å². The number of rotatable bonds is 5. The standard InChI is InChI=1S/C14H18O5S/c1-10-3-5-11(6-4-10)20(17,18)19-12-7-8-14(12,2)9-13(15)16/h3-6,12H,7-9H2,1-2H3,(H,15,16). The van der Waals surface area contributed by atoms with E-state index in [0.29, 0.717) is 12.8 Å². The van der Waals surface area contributed by atoms with E-state index in [2.05, 4.69) is 0 Å². The molecule has 2 rings (SSSR count). The monoisotopic (exact) mass is 298 g/mol. The smallest absolute Gasteiger partial charge is 0.303 e. The van der Waals surface area contributed by atoms with E-state index in [4.69, 9.17) is 9.29 Å². The maximum absolute atomic E-state index is 12.2. The van der Waals surface area contributed by atoms with E-state index < -0.39 is 27.6 Å². The third-order valence-corrected chi connectivity index (χ3v) is 5.20. The van der Waals surface area contributed by atoms with Gasteiger partial charge in [-0.25, -0.2) is 0 Å². The summed E-state index contributed by atoms with van der Waals surface area (Å²) in [6.07, 6.45) is 0.577. The summed E-state index contributed by atoms with van der Waals surface area (Å²) in [5.41, 5.74) is 0.354. The van der Waals surface area contributed by atoms with E-state index >= 15 is 0 Å². The van der Waals surface area contributed by atoms with Gasteiger partial charge in [0.05, 0.1) is 17.4 Å². The highest BCUT2D eigenvalue weighted by atomic mass is 32.2. The minimum absolute atomic E-state index is 0.0823. The molecule has 1 aromatic carbocycles. The zero-order valence-corrected chi connectivity index (χ0v) is 12.3. The molecule has 6 heteroatoms. The number of benzene rings is 1. The number of hydrogen-bond donors (Lipinski definition) is 1. The summed E-state index contributed by atoms with van der Waals surface area (Å²) in [6, 6.07) is 6.40. The largest absolute Gasteiger partial charge is 0.481 e. The lowest BCUT2D eigenvalue weighted by molar-refractivity contribution is -0.145. The zero-order valence-electron chi connectivity index (χ0n) is 11.5. The minimum Gasteiger partial charge on any atom is -0.481 e. The molecule has 0 radical (unpaired) electrons. The number of carboxylic acids is 1. The van der Waals surface area contributed by atoms with Crippen LogP contribution in [0.4, 0.5) is 0 Å². The molecular formula is C14H18O5S.